The van der Waals surface area contributed by atoms with Gasteiger partial charge in [0.05, 0.1) is 4.90 Å². The molecule has 1 heterocycles. The fraction of sp³-hybridized carbons (Fsp3) is 0.200. The topological polar surface area (TPSA) is 66.8 Å². The molecular weight excluding hydrogens is 380 g/mol. The van der Waals surface area contributed by atoms with E-state index in [2.05, 4.69) is 11.0 Å². The summed E-state index contributed by atoms with van der Waals surface area (Å²) in [6.07, 6.45) is 2.38. The monoisotopic (exact) mass is 400 g/mol. The lowest BCUT2D eigenvalue weighted by Gasteiger charge is -2.13. The van der Waals surface area contributed by atoms with E-state index in [1.165, 1.54) is 4.90 Å². The first-order valence-corrected chi connectivity index (χ1v) is 10.9. The summed E-state index contributed by atoms with van der Waals surface area (Å²) >= 11 is 1.15. The summed E-state index contributed by atoms with van der Waals surface area (Å²) in [6.45, 7) is 5.86. The average molecular weight is 401 g/mol. The first-order chi connectivity index (χ1) is 13.0. The molecule has 0 unspecified atom stereocenters. The lowest BCUT2D eigenvalue weighted by Crippen LogP contribution is -2.30. The molecule has 5 nitrogen and oxygen atoms in total. The van der Waals surface area contributed by atoms with Crippen LogP contribution in [0.3, 0.4) is 0 Å². The number of thioether (sulfide) groups is 1. The molecule has 1 aliphatic heterocycles. The normalized spacial score (nSPS) is 18.9. The Labute approximate surface area is 163 Å². The Kier molecular flexibility index (Phi) is 5.82. The van der Waals surface area contributed by atoms with Crippen molar-refractivity contribution >= 4 is 32.9 Å². The molecule has 1 amide bonds. The average Bonchev–Trinajstić information content (AvgIpc) is 2.98. The van der Waals surface area contributed by atoms with Gasteiger partial charge in [-0.3, -0.25) is 9.69 Å². The van der Waals surface area contributed by atoms with Crippen LogP contribution < -0.4 is 0 Å². The highest BCUT2D eigenvalue weighted by Crippen LogP contribution is 2.40. The van der Waals surface area contributed by atoms with Gasteiger partial charge in [0.2, 0.25) is 5.91 Å². The number of benzene rings is 2. The SMILES string of the molecule is C=CCN1C(=O)[C@@H](c2ccccc2)SC1=NS(=O)(=O)c1ccc(CC)cc1. The molecule has 2 aromatic carbocycles. The summed E-state index contributed by atoms with van der Waals surface area (Å²) in [5.41, 5.74) is 1.86. The molecule has 27 heavy (non-hydrogen) atoms. The van der Waals surface area contributed by atoms with E-state index >= 15 is 0 Å². The fourth-order valence-electron chi connectivity index (χ4n) is 2.71. The summed E-state index contributed by atoms with van der Waals surface area (Å²) in [5.74, 6) is -0.193. The second-order valence-corrected chi connectivity index (χ2v) is 8.67. The molecule has 1 aliphatic rings. The Morgan fingerprint density at radius 2 is 1.81 bits per heavy atom. The molecule has 0 aliphatic carbocycles. The maximum atomic E-state index is 12.8. The molecule has 0 N–H and O–H groups in total. The van der Waals surface area contributed by atoms with Gasteiger partial charge in [0.25, 0.3) is 10.0 Å². The molecule has 3 rings (SSSR count). The molecule has 0 radical (unpaired) electrons. The molecule has 1 atom stereocenters. The van der Waals surface area contributed by atoms with Crippen LogP contribution in [0.5, 0.6) is 0 Å². The zero-order valence-corrected chi connectivity index (χ0v) is 16.5. The van der Waals surface area contributed by atoms with Crippen molar-refractivity contribution in [2.75, 3.05) is 6.54 Å². The predicted molar refractivity (Wildman–Crippen MR) is 109 cm³/mol. The van der Waals surface area contributed by atoms with Crippen molar-refractivity contribution in [2.24, 2.45) is 4.40 Å². The van der Waals surface area contributed by atoms with Gasteiger partial charge in [0, 0.05) is 6.54 Å². The van der Waals surface area contributed by atoms with E-state index in [4.69, 9.17) is 0 Å². The van der Waals surface area contributed by atoms with Gasteiger partial charge in [0.1, 0.15) is 5.25 Å². The third kappa shape index (κ3) is 4.14. The minimum atomic E-state index is -3.91. The van der Waals surface area contributed by atoms with Crippen molar-refractivity contribution in [2.45, 2.75) is 23.5 Å². The molecule has 140 valence electrons. The number of carbonyl (C=O) groups is 1. The Bertz CT molecular complexity index is 968. The number of amidine groups is 1. The molecule has 1 fully saturated rings. The largest absolute Gasteiger partial charge is 0.285 e. The van der Waals surface area contributed by atoms with Crippen molar-refractivity contribution in [1.29, 1.82) is 0 Å². The van der Waals surface area contributed by atoms with Gasteiger partial charge in [-0.1, -0.05) is 67.2 Å². The zero-order chi connectivity index (χ0) is 19.4. The number of hydrogen-bond donors (Lipinski definition) is 0. The van der Waals surface area contributed by atoms with Gasteiger partial charge < -0.3 is 0 Å². The Morgan fingerprint density at radius 3 is 2.41 bits per heavy atom. The van der Waals surface area contributed by atoms with Crippen LogP contribution in [0.4, 0.5) is 0 Å². The van der Waals surface area contributed by atoms with Gasteiger partial charge in [-0.25, -0.2) is 0 Å². The lowest BCUT2D eigenvalue weighted by molar-refractivity contribution is -0.125. The third-order valence-corrected chi connectivity index (χ3v) is 6.81. The van der Waals surface area contributed by atoms with Crippen LogP contribution in [0.2, 0.25) is 0 Å². The van der Waals surface area contributed by atoms with Crippen LogP contribution in [-0.2, 0) is 21.2 Å². The van der Waals surface area contributed by atoms with E-state index < -0.39 is 15.3 Å². The zero-order valence-electron chi connectivity index (χ0n) is 14.9. The number of rotatable bonds is 6. The van der Waals surface area contributed by atoms with Gasteiger partial charge in [0.15, 0.2) is 5.17 Å². The third-order valence-electron chi connectivity index (χ3n) is 4.19. The summed E-state index contributed by atoms with van der Waals surface area (Å²) in [4.78, 5) is 14.3. The summed E-state index contributed by atoms with van der Waals surface area (Å²) in [7, 11) is -3.91. The number of amides is 1. The lowest BCUT2D eigenvalue weighted by atomic mass is 10.1. The maximum Gasteiger partial charge on any atom is 0.284 e. The van der Waals surface area contributed by atoms with Crippen molar-refractivity contribution < 1.29 is 13.2 Å². The highest BCUT2D eigenvalue weighted by Gasteiger charge is 2.39. The fourth-order valence-corrected chi connectivity index (χ4v) is 5.09. The Morgan fingerprint density at radius 1 is 1.15 bits per heavy atom. The number of sulfonamides is 1. The van der Waals surface area contributed by atoms with Crippen LogP contribution in [-0.4, -0.2) is 30.9 Å². The Balaban J connectivity index is 1.96. The van der Waals surface area contributed by atoms with E-state index in [0.29, 0.717) is 0 Å². The van der Waals surface area contributed by atoms with Crippen molar-refractivity contribution in [3.05, 3.63) is 78.4 Å². The first kappa shape index (κ1) is 19.4. The van der Waals surface area contributed by atoms with E-state index in [0.717, 1.165) is 29.3 Å². The number of nitrogens with zero attached hydrogens (tertiary/aromatic N) is 2. The van der Waals surface area contributed by atoms with E-state index in [1.54, 1.807) is 30.3 Å². The minimum absolute atomic E-state index is 0.113. The number of carbonyl (C=O) groups excluding carboxylic acids is 1. The van der Waals surface area contributed by atoms with Gasteiger partial charge >= 0.3 is 0 Å². The van der Waals surface area contributed by atoms with Gasteiger partial charge in [-0.2, -0.15) is 8.42 Å². The number of hydrogen-bond acceptors (Lipinski definition) is 4. The molecule has 0 spiro atoms. The molecular formula is C20H20N2O3S2. The molecule has 2 aromatic rings. The predicted octanol–water partition coefficient (Wildman–Crippen LogP) is 3.80. The molecule has 0 saturated carbocycles. The standard InChI is InChI=1S/C20H20N2O3S2/c1-3-14-22-19(23)18(16-8-6-5-7-9-16)26-20(22)21-27(24,25)17-12-10-15(4-2)11-13-17/h3,5-13,18H,1,4,14H2,2H3/t18-/m1/s1. The quantitative estimate of drug-likeness (QED) is 0.692. The van der Waals surface area contributed by atoms with Crippen LogP contribution in [0.25, 0.3) is 0 Å². The van der Waals surface area contributed by atoms with E-state index in [1.807, 2.05) is 37.3 Å². The number of aryl methyl sites for hydroxylation is 1. The van der Waals surface area contributed by atoms with Crippen molar-refractivity contribution in [3.63, 3.8) is 0 Å². The highest BCUT2D eigenvalue weighted by atomic mass is 32.2. The van der Waals surface area contributed by atoms with Crippen molar-refractivity contribution in [3.8, 4) is 0 Å². The minimum Gasteiger partial charge on any atom is -0.285 e. The second-order valence-electron chi connectivity index (χ2n) is 5.99. The summed E-state index contributed by atoms with van der Waals surface area (Å²) in [6, 6.07) is 15.9. The van der Waals surface area contributed by atoms with Crippen LogP contribution in [0.15, 0.2) is 76.5 Å². The van der Waals surface area contributed by atoms with Crippen LogP contribution >= 0.6 is 11.8 Å². The molecule has 7 heteroatoms. The molecule has 0 aromatic heterocycles. The smallest absolute Gasteiger partial charge is 0.284 e. The first-order valence-electron chi connectivity index (χ1n) is 8.54. The summed E-state index contributed by atoms with van der Waals surface area (Å²) in [5, 5.41) is -0.337. The van der Waals surface area contributed by atoms with Crippen molar-refractivity contribution in [1.82, 2.24) is 4.90 Å². The molecule has 1 saturated heterocycles. The van der Waals surface area contributed by atoms with Gasteiger partial charge in [-0.05, 0) is 29.7 Å². The molecule has 0 bridgehead atoms. The van der Waals surface area contributed by atoms with E-state index in [-0.39, 0.29) is 22.5 Å². The summed E-state index contributed by atoms with van der Waals surface area (Å²) < 4.78 is 29.4. The second kappa shape index (κ2) is 8.10. The highest BCUT2D eigenvalue weighted by molar-refractivity contribution is 8.15. The Hall–Kier alpha value is -2.38. The maximum absolute atomic E-state index is 12.8. The van der Waals surface area contributed by atoms with E-state index in [9.17, 15) is 13.2 Å². The van der Waals surface area contributed by atoms with Crippen LogP contribution in [0.1, 0.15) is 23.3 Å². The van der Waals surface area contributed by atoms with Gasteiger partial charge in [-0.15, -0.1) is 11.0 Å². The van der Waals surface area contributed by atoms with Crippen LogP contribution in [0, 0.1) is 0 Å².